The molecule has 228 valence electrons. The Hall–Kier alpha value is -4.69. The number of esters is 1. The summed E-state index contributed by atoms with van der Waals surface area (Å²) >= 11 is 5.46. The molecule has 0 aromatic heterocycles. The van der Waals surface area contributed by atoms with Gasteiger partial charge in [0.1, 0.15) is 33.7 Å². The van der Waals surface area contributed by atoms with E-state index in [9.17, 15) is 37.5 Å². The van der Waals surface area contributed by atoms with Crippen molar-refractivity contribution in [3.8, 4) is 11.5 Å². The smallest absolute Gasteiger partial charge is 0.343 e. The Morgan fingerprint density at radius 2 is 1.77 bits per heavy atom. The predicted molar refractivity (Wildman–Crippen MR) is 150 cm³/mol. The van der Waals surface area contributed by atoms with E-state index in [1.165, 1.54) is 27.2 Å². The van der Waals surface area contributed by atoms with Gasteiger partial charge in [0, 0.05) is 30.0 Å². The molecule has 0 saturated carbocycles. The molecule has 0 atom stereocenters. The second-order valence-electron chi connectivity index (χ2n) is 8.46. The van der Waals surface area contributed by atoms with Gasteiger partial charge >= 0.3 is 5.97 Å². The fraction of sp³-hybridized carbons (Fsp3) is 0.214. The molecule has 10 nitrogen and oxygen atoms in total. The van der Waals surface area contributed by atoms with E-state index in [1.54, 1.807) is 18.2 Å². The van der Waals surface area contributed by atoms with E-state index in [0.717, 1.165) is 6.07 Å². The van der Waals surface area contributed by atoms with Gasteiger partial charge in [-0.2, -0.15) is 0 Å². The number of aliphatic hydroxyl groups excluding tert-OH is 2. The minimum atomic E-state index is -1.98. The topological polar surface area (TPSA) is 139 Å². The molecule has 0 aliphatic rings. The number of nitroso groups, excluding NO2 is 1. The Morgan fingerprint density at radius 3 is 2.37 bits per heavy atom. The van der Waals surface area contributed by atoms with Gasteiger partial charge in [0.15, 0.2) is 23.1 Å². The van der Waals surface area contributed by atoms with Gasteiger partial charge in [-0.3, -0.25) is 4.99 Å². The fourth-order valence-electron chi connectivity index (χ4n) is 3.78. The van der Waals surface area contributed by atoms with E-state index in [-0.39, 0.29) is 30.1 Å². The first kappa shape index (κ1) is 32.8. The van der Waals surface area contributed by atoms with Gasteiger partial charge in [0.2, 0.25) is 0 Å². The summed E-state index contributed by atoms with van der Waals surface area (Å²) in [6, 6.07) is 7.11. The number of hydrogen-bond donors (Lipinski definition) is 3. The lowest BCUT2D eigenvalue weighted by molar-refractivity contribution is -0.137. The zero-order valence-electron chi connectivity index (χ0n) is 22.8. The van der Waals surface area contributed by atoms with E-state index in [2.05, 4.69) is 15.5 Å². The third-order valence-corrected chi connectivity index (χ3v) is 6.29. The molecule has 0 spiro atoms. The third kappa shape index (κ3) is 7.04. The Morgan fingerprint density at radius 1 is 1.05 bits per heavy atom. The maximum Gasteiger partial charge on any atom is 0.343 e. The average Bonchev–Trinajstić information content (AvgIpc) is 3.01. The highest BCUT2D eigenvalue weighted by Crippen LogP contribution is 2.38. The van der Waals surface area contributed by atoms with Crippen LogP contribution in [0, 0.1) is 28.2 Å². The molecular formula is C28H24ClF4N3O7. The molecule has 0 heterocycles. The number of aliphatic imine (C=N–C) groups is 1. The lowest BCUT2D eigenvalue weighted by Crippen LogP contribution is -2.12. The van der Waals surface area contributed by atoms with Crippen LogP contribution in [0.25, 0.3) is 5.76 Å². The average molecular weight is 626 g/mol. The number of carbonyl (C=O) groups is 1. The number of aliphatic hydroxyl groups is 2. The quantitative estimate of drug-likeness (QED) is 0.0297. The number of nitrogens with one attached hydrogen (secondary N) is 1. The van der Waals surface area contributed by atoms with Gasteiger partial charge in [-0.15, -0.1) is 4.91 Å². The highest BCUT2D eigenvalue weighted by Gasteiger charge is 2.30. The van der Waals surface area contributed by atoms with Crippen molar-refractivity contribution in [2.24, 2.45) is 10.2 Å². The lowest BCUT2D eigenvalue weighted by atomic mass is 10.0. The molecule has 0 saturated heterocycles. The van der Waals surface area contributed by atoms with Crippen LogP contribution in [0.3, 0.4) is 0 Å². The molecule has 0 unspecified atom stereocenters. The number of methoxy groups -OCH3 is 2. The minimum absolute atomic E-state index is 0.0676. The van der Waals surface area contributed by atoms with Crippen molar-refractivity contribution in [1.29, 1.82) is 0 Å². The van der Waals surface area contributed by atoms with E-state index in [1.807, 2.05) is 0 Å². The summed E-state index contributed by atoms with van der Waals surface area (Å²) < 4.78 is 73.2. The Labute approximate surface area is 247 Å². The monoisotopic (exact) mass is 625 g/mol. The maximum atomic E-state index is 14.9. The molecule has 3 N–H and O–H groups in total. The van der Waals surface area contributed by atoms with Gasteiger partial charge in [-0.1, -0.05) is 11.6 Å². The van der Waals surface area contributed by atoms with Crippen LogP contribution in [0.2, 0.25) is 5.02 Å². The molecule has 0 aliphatic carbocycles. The summed E-state index contributed by atoms with van der Waals surface area (Å²) in [5, 5.41) is 24.2. The molecule has 0 fully saturated rings. The van der Waals surface area contributed by atoms with Gasteiger partial charge in [0.05, 0.1) is 44.4 Å². The number of benzene rings is 3. The van der Waals surface area contributed by atoms with Crippen LogP contribution in [0.4, 0.5) is 34.6 Å². The summed E-state index contributed by atoms with van der Waals surface area (Å²) in [5.41, 5.74) is -3.43. The van der Waals surface area contributed by atoms with Crippen molar-refractivity contribution >= 4 is 46.6 Å². The van der Waals surface area contributed by atoms with Crippen LogP contribution in [-0.2, 0) is 22.7 Å². The summed E-state index contributed by atoms with van der Waals surface area (Å²) in [5.74, 6) is -8.24. The molecule has 0 bridgehead atoms. The largest absolute Gasteiger partial charge is 0.506 e. The number of hydrogen-bond acceptors (Lipinski definition) is 10. The Bertz CT molecular complexity index is 1620. The summed E-state index contributed by atoms with van der Waals surface area (Å²) in [6.07, 6.45) is 0.638. The van der Waals surface area contributed by atoms with Crippen LogP contribution >= 0.6 is 11.6 Å². The highest BCUT2D eigenvalue weighted by atomic mass is 35.5. The molecular weight excluding hydrogens is 602 g/mol. The number of halogens is 5. The minimum Gasteiger partial charge on any atom is -0.506 e. The van der Waals surface area contributed by atoms with E-state index >= 15 is 0 Å². The molecule has 0 radical (unpaired) electrons. The van der Waals surface area contributed by atoms with Crippen molar-refractivity contribution in [2.45, 2.75) is 20.1 Å². The van der Waals surface area contributed by atoms with Crippen LogP contribution < -0.4 is 14.8 Å². The molecule has 3 aromatic rings. The van der Waals surface area contributed by atoms with Crippen LogP contribution in [0.15, 0.2) is 46.1 Å². The third-order valence-electron chi connectivity index (χ3n) is 5.96. The fourth-order valence-corrected chi connectivity index (χ4v) is 3.96. The second-order valence-corrected chi connectivity index (χ2v) is 8.84. The first-order valence-electron chi connectivity index (χ1n) is 12.2. The van der Waals surface area contributed by atoms with E-state index in [4.69, 9.17) is 25.8 Å². The highest BCUT2D eigenvalue weighted by molar-refractivity contribution is 6.31. The van der Waals surface area contributed by atoms with Crippen molar-refractivity contribution in [1.82, 2.24) is 0 Å². The zero-order valence-corrected chi connectivity index (χ0v) is 23.6. The van der Waals surface area contributed by atoms with Crippen molar-refractivity contribution in [3.63, 3.8) is 0 Å². The number of ether oxygens (including phenoxy) is 3. The first-order valence-corrected chi connectivity index (χ1v) is 12.6. The van der Waals surface area contributed by atoms with Crippen LogP contribution in [0.5, 0.6) is 11.5 Å². The molecule has 43 heavy (non-hydrogen) atoms. The van der Waals surface area contributed by atoms with Gasteiger partial charge in [-0.25, -0.2) is 22.4 Å². The van der Waals surface area contributed by atoms with Crippen LogP contribution in [0.1, 0.15) is 23.6 Å². The number of anilines is 1. The van der Waals surface area contributed by atoms with Crippen molar-refractivity contribution in [3.05, 3.63) is 85.8 Å². The Balaban J connectivity index is 2.11. The lowest BCUT2D eigenvalue weighted by Gasteiger charge is -2.14. The number of nitrogens with zero attached hydrogens (tertiary/aromatic N) is 2. The van der Waals surface area contributed by atoms with Gasteiger partial charge < -0.3 is 29.7 Å². The molecule has 3 rings (SSSR count). The second kappa shape index (κ2) is 14.5. The molecule has 0 aliphatic heterocycles. The van der Waals surface area contributed by atoms with E-state index < -0.39 is 63.5 Å². The van der Waals surface area contributed by atoms with E-state index in [0.29, 0.717) is 23.3 Å². The summed E-state index contributed by atoms with van der Waals surface area (Å²) in [7, 11) is 2.93. The molecule has 15 heteroatoms. The summed E-state index contributed by atoms with van der Waals surface area (Å²) in [4.78, 5) is 27.9. The summed E-state index contributed by atoms with van der Waals surface area (Å²) in [6.45, 7) is 0.507. The zero-order chi connectivity index (χ0) is 31.8. The predicted octanol–water partition coefficient (Wildman–Crippen LogP) is 6.65. The van der Waals surface area contributed by atoms with Crippen LogP contribution in [-0.4, -0.2) is 43.2 Å². The maximum absolute atomic E-state index is 14.9. The SMILES string of the molecule is CCOC(=O)C(C=Nc1cc(NCc2ccc(OC)cc2OC)c(F)cc1CO)=C(O)c1c(F)c(Cl)c(F)c(F)c1N=O. The molecule has 0 amide bonds. The number of rotatable bonds is 12. The normalized spacial score (nSPS) is 11.7. The number of carbonyl (C=O) groups excluding carboxylic acids is 1. The first-order chi connectivity index (χ1) is 20.5. The van der Waals surface area contributed by atoms with Crippen molar-refractivity contribution in [2.75, 3.05) is 26.1 Å². The molecule has 3 aromatic carbocycles. The van der Waals surface area contributed by atoms with Gasteiger partial charge in [0.25, 0.3) is 0 Å². The Kier molecular flexibility index (Phi) is 11.0. The standard InChI is InChI=1S/C28H24ClF4N3O7/c1-4-43-28(39)16(27(38)21-23(31)22(29)24(32)25(33)26(21)36-40)11-35-18-9-19(17(30)7-14(18)12-37)34-10-13-5-6-15(41-2)8-20(13)42-3/h5-9,11,34,37-38H,4,10,12H2,1-3H3. The van der Waals surface area contributed by atoms with Gasteiger partial charge in [-0.05, 0) is 36.4 Å². The van der Waals surface area contributed by atoms with Crippen molar-refractivity contribution < 1.29 is 46.8 Å².